The van der Waals surface area contributed by atoms with E-state index in [0.717, 1.165) is 21.8 Å². The Kier molecular flexibility index (Phi) is 5.79. The molecular formula is C20H19NO2S2. The molecule has 3 nitrogen and oxygen atoms in total. The van der Waals surface area contributed by atoms with Gasteiger partial charge in [0, 0.05) is 22.4 Å². The van der Waals surface area contributed by atoms with Gasteiger partial charge >= 0.3 is 5.97 Å². The van der Waals surface area contributed by atoms with Crippen molar-refractivity contribution >= 4 is 34.7 Å². The van der Waals surface area contributed by atoms with Gasteiger partial charge < -0.3 is 4.74 Å². The van der Waals surface area contributed by atoms with Crippen LogP contribution in [0.15, 0.2) is 52.5 Å². The van der Waals surface area contributed by atoms with E-state index in [1.807, 2.05) is 29.0 Å². The van der Waals surface area contributed by atoms with Crippen molar-refractivity contribution in [1.82, 2.24) is 4.98 Å². The SMILES string of the molecule is CC(C)c1ccc(/C=C/C(=O)OCc2csc(-c3ccsc3)n2)cc1. The van der Waals surface area contributed by atoms with Crippen LogP contribution in [0.5, 0.6) is 0 Å². The predicted molar refractivity (Wildman–Crippen MR) is 105 cm³/mol. The van der Waals surface area contributed by atoms with Crippen LogP contribution in [0.25, 0.3) is 16.6 Å². The third-order valence-corrected chi connectivity index (χ3v) is 5.32. The molecule has 25 heavy (non-hydrogen) atoms. The molecule has 0 amide bonds. The normalized spacial score (nSPS) is 11.3. The average molecular weight is 370 g/mol. The van der Waals surface area contributed by atoms with Crippen molar-refractivity contribution in [3.05, 3.63) is 69.4 Å². The van der Waals surface area contributed by atoms with Gasteiger partial charge in [-0.3, -0.25) is 0 Å². The number of carbonyl (C=O) groups is 1. The van der Waals surface area contributed by atoms with E-state index in [2.05, 4.69) is 36.3 Å². The second-order valence-electron chi connectivity index (χ2n) is 5.92. The molecule has 0 spiro atoms. The maximum Gasteiger partial charge on any atom is 0.331 e. The van der Waals surface area contributed by atoms with E-state index < -0.39 is 0 Å². The smallest absolute Gasteiger partial charge is 0.331 e. The van der Waals surface area contributed by atoms with Gasteiger partial charge in [-0.25, -0.2) is 9.78 Å². The Morgan fingerprint density at radius 1 is 1.20 bits per heavy atom. The summed E-state index contributed by atoms with van der Waals surface area (Å²) in [5.41, 5.74) is 4.14. The fourth-order valence-electron chi connectivity index (χ4n) is 2.24. The molecule has 2 aromatic heterocycles. The minimum absolute atomic E-state index is 0.191. The molecule has 3 rings (SSSR count). The van der Waals surface area contributed by atoms with E-state index in [9.17, 15) is 4.79 Å². The van der Waals surface area contributed by atoms with Crippen molar-refractivity contribution in [2.45, 2.75) is 26.4 Å². The zero-order valence-corrected chi connectivity index (χ0v) is 15.8. The van der Waals surface area contributed by atoms with Gasteiger partial charge in [-0.1, -0.05) is 38.1 Å². The van der Waals surface area contributed by atoms with E-state index in [-0.39, 0.29) is 12.6 Å². The van der Waals surface area contributed by atoms with Crippen LogP contribution in [0.1, 0.15) is 36.6 Å². The third kappa shape index (κ3) is 4.87. The number of ether oxygens (including phenoxy) is 1. The largest absolute Gasteiger partial charge is 0.456 e. The van der Waals surface area contributed by atoms with Crippen molar-refractivity contribution in [3.63, 3.8) is 0 Å². The number of aromatic nitrogens is 1. The zero-order chi connectivity index (χ0) is 17.6. The maximum atomic E-state index is 11.9. The molecule has 0 saturated heterocycles. The highest BCUT2D eigenvalue weighted by Crippen LogP contribution is 2.25. The molecular weight excluding hydrogens is 350 g/mol. The van der Waals surface area contributed by atoms with Gasteiger partial charge in [0.2, 0.25) is 0 Å². The van der Waals surface area contributed by atoms with Crippen molar-refractivity contribution < 1.29 is 9.53 Å². The van der Waals surface area contributed by atoms with Gasteiger partial charge in [0.15, 0.2) is 0 Å². The Bertz CT molecular complexity index is 846. The minimum Gasteiger partial charge on any atom is -0.456 e. The molecule has 0 N–H and O–H groups in total. The van der Waals surface area contributed by atoms with Crippen LogP contribution in [0, 0.1) is 0 Å². The monoisotopic (exact) mass is 369 g/mol. The van der Waals surface area contributed by atoms with Gasteiger partial charge in [0.1, 0.15) is 11.6 Å². The molecule has 0 atom stereocenters. The fourth-order valence-corrected chi connectivity index (χ4v) is 3.76. The van der Waals surface area contributed by atoms with Crippen molar-refractivity contribution in [2.75, 3.05) is 0 Å². The van der Waals surface area contributed by atoms with Crippen molar-refractivity contribution in [3.8, 4) is 10.6 Å². The second kappa shape index (κ2) is 8.23. The summed E-state index contributed by atoms with van der Waals surface area (Å²) in [6.07, 6.45) is 3.22. The highest BCUT2D eigenvalue weighted by atomic mass is 32.1. The molecule has 3 aromatic rings. The van der Waals surface area contributed by atoms with E-state index in [4.69, 9.17) is 4.74 Å². The first kappa shape index (κ1) is 17.6. The Labute approximate surface area is 155 Å². The fraction of sp³-hybridized carbons (Fsp3) is 0.200. The van der Waals surface area contributed by atoms with E-state index in [1.54, 1.807) is 28.7 Å². The number of esters is 1. The van der Waals surface area contributed by atoms with Crippen LogP contribution in [-0.4, -0.2) is 11.0 Å². The molecule has 1 aromatic carbocycles. The summed E-state index contributed by atoms with van der Waals surface area (Å²) >= 11 is 3.20. The zero-order valence-electron chi connectivity index (χ0n) is 14.1. The Balaban J connectivity index is 1.52. The molecule has 5 heteroatoms. The lowest BCUT2D eigenvalue weighted by Crippen LogP contribution is -2.00. The molecule has 0 aliphatic carbocycles. The van der Waals surface area contributed by atoms with Crippen LogP contribution in [0.4, 0.5) is 0 Å². The lowest BCUT2D eigenvalue weighted by atomic mass is 10.0. The summed E-state index contributed by atoms with van der Waals surface area (Å²) in [7, 11) is 0. The summed E-state index contributed by atoms with van der Waals surface area (Å²) in [6, 6.07) is 10.2. The number of thiophene rings is 1. The van der Waals surface area contributed by atoms with Crippen LogP contribution >= 0.6 is 22.7 Å². The lowest BCUT2D eigenvalue weighted by molar-refractivity contribution is -0.139. The number of benzene rings is 1. The molecule has 128 valence electrons. The van der Waals surface area contributed by atoms with E-state index in [1.165, 1.54) is 11.6 Å². The number of hydrogen-bond acceptors (Lipinski definition) is 5. The van der Waals surface area contributed by atoms with Gasteiger partial charge in [0.05, 0.1) is 5.69 Å². The molecule has 0 aliphatic heterocycles. The molecule has 0 saturated carbocycles. The topological polar surface area (TPSA) is 39.2 Å². The van der Waals surface area contributed by atoms with Crippen LogP contribution in [0.2, 0.25) is 0 Å². The molecule has 2 heterocycles. The van der Waals surface area contributed by atoms with Crippen LogP contribution in [-0.2, 0) is 16.1 Å². The summed E-state index contributed by atoms with van der Waals surface area (Å²) in [5.74, 6) is 0.137. The molecule has 0 aliphatic rings. The van der Waals surface area contributed by atoms with Gasteiger partial charge in [0.25, 0.3) is 0 Å². The molecule has 0 bridgehead atoms. The van der Waals surface area contributed by atoms with E-state index >= 15 is 0 Å². The second-order valence-corrected chi connectivity index (χ2v) is 7.56. The number of rotatable bonds is 6. The number of thiazole rings is 1. The predicted octanol–water partition coefficient (Wildman–Crippen LogP) is 5.75. The highest BCUT2D eigenvalue weighted by molar-refractivity contribution is 7.14. The number of hydrogen-bond donors (Lipinski definition) is 0. The lowest BCUT2D eigenvalue weighted by Gasteiger charge is -2.04. The van der Waals surface area contributed by atoms with Gasteiger partial charge in [-0.05, 0) is 34.6 Å². The van der Waals surface area contributed by atoms with Crippen molar-refractivity contribution in [1.29, 1.82) is 0 Å². The summed E-state index contributed by atoms with van der Waals surface area (Å²) in [6.45, 7) is 4.51. The minimum atomic E-state index is -0.363. The first-order valence-corrected chi connectivity index (χ1v) is 9.86. The first-order chi connectivity index (χ1) is 12.1. The van der Waals surface area contributed by atoms with Gasteiger partial charge in [-0.2, -0.15) is 11.3 Å². The molecule has 0 radical (unpaired) electrons. The Morgan fingerprint density at radius 3 is 2.68 bits per heavy atom. The summed E-state index contributed by atoms with van der Waals surface area (Å²) in [4.78, 5) is 16.4. The summed E-state index contributed by atoms with van der Waals surface area (Å²) in [5, 5.41) is 6.96. The van der Waals surface area contributed by atoms with E-state index in [0.29, 0.717) is 5.92 Å². The Hall–Kier alpha value is -2.24. The van der Waals surface area contributed by atoms with Crippen LogP contribution < -0.4 is 0 Å². The first-order valence-electron chi connectivity index (χ1n) is 8.03. The van der Waals surface area contributed by atoms with Crippen LogP contribution in [0.3, 0.4) is 0 Å². The molecule has 0 unspecified atom stereocenters. The number of carbonyl (C=O) groups excluding carboxylic acids is 1. The maximum absolute atomic E-state index is 11.9. The standard InChI is InChI=1S/C20H19NO2S2/c1-14(2)16-6-3-15(4-7-16)5-8-19(22)23-11-18-13-25-20(21-18)17-9-10-24-12-17/h3-10,12-14H,11H2,1-2H3/b8-5+. The number of nitrogens with zero attached hydrogens (tertiary/aromatic N) is 1. The quantitative estimate of drug-likeness (QED) is 0.410. The third-order valence-electron chi connectivity index (χ3n) is 3.70. The van der Waals surface area contributed by atoms with Crippen molar-refractivity contribution in [2.24, 2.45) is 0 Å². The average Bonchev–Trinajstić information content (AvgIpc) is 3.29. The highest BCUT2D eigenvalue weighted by Gasteiger charge is 2.07. The van der Waals surface area contributed by atoms with Gasteiger partial charge in [-0.15, -0.1) is 11.3 Å². The molecule has 0 fully saturated rings. The Morgan fingerprint density at radius 2 is 2.00 bits per heavy atom. The summed E-state index contributed by atoms with van der Waals surface area (Å²) < 4.78 is 5.26.